The highest BCUT2D eigenvalue weighted by atomic mass is 19.1. The minimum absolute atomic E-state index is 0.0473. The number of carbonyl (C=O) groups excluding carboxylic acids is 1. The number of carboxylic acids is 1. The lowest BCUT2D eigenvalue weighted by atomic mass is 9.78. The van der Waals surface area contributed by atoms with Crippen molar-refractivity contribution in [3.63, 3.8) is 0 Å². The van der Waals surface area contributed by atoms with Crippen molar-refractivity contribution >= 4 is 11.9 Å². The van der Waals surface area contributed by atoms with Crippen molar-refractivity contribution in [3.8, 4) is 0 Å². The van der Waals surface area contributed by atoms with Crippen molar-refractivity contribution in [3.05, 3.63) is 35.6 Å². The molecule has 140 valence electrons. The van der Waals surface area contributed by atoms with E-state index in [4.69, 9.17) is 0 Å². The molecular weight excluding hydrogens is 335 g/mol. The van der Waals surface area contributed by atoms with Gasteiger partial charge in [0.15, 0.2) is 0 Å². The molecule has 2 saturated carbocycles. The molecule has 1 saturated heterocycles. The topological polar surface area (TPSA) is 60.9 Å². The first-order chi connectivity index (χ1) is 12.5. The maximum atomic E-state index is 13.0. The molecule has 0 aromatic heterocycles. The number of hydrogen-bond donors (Lipinski definition) is 1. The van der Waals surface area contributed by atoms with Crippen LogP contribution < -0.4 is 0 Å². The number of hydrogen-bond acceptors (Lipinski definition) is 3. The first-order valence-electron chi connectivity index (χ1n) is 9.51. The van der Waals surface area contributed by atoms with Gasteiger partial charge < -0.3 is 10.0 Å². The van der Waals surface area contributed by atoms with Crippen LogP contribution in [0.4, 0.5) is 4.39 Å². The maximum absolute atomic E-state index is 13.0. The van der Waals surface area contributed by atoms with Gasteiger partial charge in [0.1, 0.15) is 5.82 Å². The van der Waals surface area contributed by atoms with Gasteiger partial charge >= 0.3 is 5.97 Å². The third-order valence-electron chi connectivity index (χ3n) is 6.49. The molecule has 1 heterocycles. The van der Waals surface area contributed by atoms with Gasteiger partial charge in [0.25, 0.3) is 0 Å². The van der Waals surface area contributed by atoms with E-state index in [-0.39, 0.29) is 29.5 Å². The zero-order valence-electron chi connectivity index (χ0n) is 14.8. The second-order valence-corrected chi connectivity index (χ2v) is 7.95. The quantitative estimate of drug-likeness (QED) is 0.894. The van der Waals surface area contributed by atoms with Gasteiger partial charge in [-0.15, -0.1) is 0 Å². The van der Waals surface area contributed by atoms with Gasteiger partial charge in [-0.25, -0.2) is 4.39 Å². The van der Waals surface area contributed by atoms with Crippen molar-refractivity contribution in [1.29, 1.82) is 0 Å². The third kappa shape index (κ3) is 3.22. The Morgan fingerprint density at radius 2 is 1.62 bits per heavy atom. The van der Waals surface area contributed by atoms with Crippen LogP contribution in [0.3, 0.4) is 0 Å². The third-order valence-corrected chi connectivity index (χ3v) is 6.49. The molecule has 6 heteroatoms. The number of fused-ring (bicyclic) bond motifs is 2. The second kappa shape index (κ2) is 6.99. The van der Waals surface area contributed by atoms with Crippen LogP contribution in [-0.4, -0.2) is 53.0 Å². The molecule has 2 aliphatic carbocycles. The van der Waals surface area contributed by atoms with Crippen molar-refractivity contribution in [2.75, 3.05) is 26.2 Å². The summed E-state index contributed by atoms with van der Waals surface area (Å²) in [6, 6.07) is 6.52. The minimum atomic E-state index is -0.800. The van der Waals surface area contributed by atoms with Crippen LogP contribution in [0.5, 0.6) is 0 Å². The van der Waals surface area contributed by atoms with E-state index in [9.17, 15) is 19.1 Å². The van der Waals surface area contributed by atoms with Crippen LogP contribution in [0.25, 0.3) is 0 Å². The molecule has 1 amide bonds. The van der Waals surface area contributed by atoms with E-state index in [1.54, 1.807) is 12.1 Å². The van der Waals surface area contributed by atoms with Crippen LogP contribution in [0.1, 0.15) is 24.8 Å². The summed E-state index contributed by atoms with van der Waals surface area (Å²) in [4.78, 5) is 28.8. The normalized spacial score (nSPS) is 31.3. The second-order valence-electron chi connectivity index (χ2n) is 7.95. The van der Waals surface area contributed by atoms with Crippen molar-refractivity contribution in [2.45, 2.75) is 25.8 Å². The van der Waals surface area contributed by atoms with Gasteiger partial charge in [0, 0.05) is 32.7 Å². The Balaban J connectivity index is 1.35. The molecule has 1 N–H and O–H groups in total. The van der Waals surface area contributed by atoms with E-state index in [1.807, 2.05) is 4.90 Å². The summed E-state index contributed by atoms with van der Waals surface area (Å²) in [5, 5.41) is 9.57. The minimum Gasteiger partial charge on any atom is -0.481 e. The Hall–Kier alpha value is -1.95. The van der Waals surface area contributed by atoms with Gasteiger partial charge in [0.2, 0.25) is 5.91 Å². The molecule has 2 bridgehead atoms. The molecule has 0 unspecified atom stereocenters. The lowest BCUT2D eigenvalue weighted by Crippen LogP contribution is -2.52. The van der Waals surface area contributed by atoms with Gasteiger partial charge in [-0.3, -0.25) is 14.5 Å². The molecule has 3 aliphatic rings. The average molecular weight is 360 g/mol. The van der Waals surface area contributed by atoms with Crippen LogP contribution in [0.15, 0.2) is 24.3 Å². The Morgan fingerprint density at radius 1 is 1.00 bits per heavy atom. The molecule has 4 rings (SSSR count). The van der Waals surface area contributed by atoms with Gasteiger partial charge in [-0.2, -0.15) is 0 Å². The number of benzene rings is 1. The highest BCUT2D eigenvalue weighted by Gasteiger charge is 2.54. The summed E-state index contributed by atoms with van der Waals surface area (Å²) in [5.74, 6) is -1.36. The smallest absolute Gasteiger partial charge is 0.307 e. The van der Waals surface area contributed by atoms with E-state index in [1.165, 1.54) is 12.1 Å². The number of carbonyl (C=O) groups is 2. The first kappa shape index (κ1) is 17.5. The van der Waals surface area contributed by atoms with Gasteiger partial charge in [-0.1, -0.05) is 12.1 Å². The highest BCUT2D eigenvalue weighted by Crippen LogP contribution is 2.53. The fraction of sp³-hybridized carbons (Fsp3) is 0.600. The van der Waals surface area contributed by atoms with Crippen LogP contribution in [0.2, 0.25) is 0 Å². The van der Waals surface area contributed by atoms with Gasteiger partial charge in [-0.05, 0) is 48.8 Å². The molecule has 1 aromatic carbocycles. The number of halogens is 1. The Morgan fingerprint density at radius 3 is 2.23 bits per heavy atom. The molecule has 1 aliphatic heterocycles. The van der Waals surface area contributed by atoms with E-state index in [0.717, 1.165) is 44.5 Å². The Bertz CT molecular complexity index is 685. The van der Waals surface area contributed by atoms with E-state index in [2.05, 4.69) is 4.90 Å². The van der Waals surface area contributed by atoms with E-state index < -0.39 is 11.9 Å². The molecule has 1 aromatic rings. The summed E-state index contributed by atoms with van der Waals surface area (Å²) in [7, 11) is 0. The van der Waals surface area contributed by atoms with Crippen molar-refractivity contribution in [1.82, 2.24) is 9.80 Å². The molecule has 3 fully saturated rings. The fourth-order valence-electron chi connectivity index (χ4n) is 5.19. The number of rotatable bonds is 4. The Kier molecular flexibility index (Phi) is 4.69. The largest absolute Gasteiger partial charge is 0.481 e. The Labute approximate surface area is 152 Å². The standard InChI is InChI=1S/C20H25FN2O3/c21-16-5-1-13(2-6-16)12-22-7-9-23(10-8-22)19(24)17-14-3-4-15(11-14)18(17)20(25)26/h1-2,5-6,14-15,17-18H,3-4,7-12H2,(H,25,26)/t14-,15-,17-,18+/m0/s1. The molecule has 4 atom stereocenters. The molecule has 26 heavy (non-hydrogen) atoms. The highest BCUT2D eigenvalue weighted by molar-refractivity contribution is 5.86. The summed E-state index contributed by atoms with van der Waals surface area (Å²) in [5.41, 5.74) is 1.06. The molecule has 0 radical (unpaired) electrons. The fourth-order valence-corrected chi connectivity index (χ4v) is 5.19. The molecule has 0 spiro atoms. The number of piperazine rings is 1. The lowest BCUT2D eigenvalue weighted by molar-refractivity contribution is -0.153. The number of nitrogens with zero attached hydrogens (tertiary/aromatic N) is 2. The number of carboxylic acid groups (broad SMARTS) is 1. The molecule has 5 nitrogen and oxygen atoms in total. The van der Waals surface area contributed by atoms with Crippen molar-refractivity contribution < 1.29 is 19.1 Å². The molecular formula is C20H25FN2O3. The lowest BCUT2D eigenvalue weighted by Gasteiger charge is -2.38. The summed E-state index contributed by atoms with van der Waals surface area (Å²) < 4.78 is 13.0. The summed E-state index contributed by atoms with van der Waals surface area (Å²) >= 11 is 0. The van der Waals surface area contributed by atoms with Crippen LogP contribution in [0, 0.1) is 29.5 Å². The van der Waals surface area contributed by atoms with Crippen LogP contribution in [-0.2, 0) is 16.1 Å². The van der Waals surface area contributed by atoms with Crippen molar-refractivity contribution in [2.24, 2.45) is 23.7 Å². The average Bonchev–Trinajstić information content (AvgIpc) is 3.25. The predicted octanol–water partition coefficient (Wildman–Crippen LogP) is 2.22. The number of amides is 1. The number of aliphatic carboxylic acids is 1. The monoisotopic (exact) mass is 360 g/mol. The zero-order chi connectivity index (χ0) is 18.3. The van der Waals surface area contributed by atoms with Gasteiger partial charge in [0.05, 0.1) is 11.8 Å². The first-order valence-corrected chi connectivity index (χ1v) is 9.51. The summed E-state index contributed by atoms with van der Waals surface area (Å²) in [6.07, 6.45) is 2.85. The van der Waals surface area contributed by atoms with E-state index >= 15 is 0 Å². The SMILES string of the molecule is O=C(O)[C@@H]1[C@H]2CC[C@@H](C2)[C@@H]1C(=O)N1CCN(Cc2ccc(F)cc2)CC1. The predicted molar refractivity (Wildman–Crippen MR) is 93.7 cm³/mol. The summed E-state index contributed by atoms with van der Waals surface area (Å²) in [6.45, 7) is 3.55. The zero-order valence-corrected chi connectivity index (χ0v) is 14.8. The van der Waals surface area contributed by atoms with E-state index in [0.29, 0.717) is 13.1 Å². The van der Waals surface area contributed by atoms with Crippen LogP contribution >= 0.6 is 0 Å². The maximum Gasteiger partial charge on any atom is 0.307 e.